The molecule has 6 heteroatoms. The molecular formula is C16H25ClN2O3. The van der Waals surface area contributed by atoms with Gasteiger partial charge in [0.15, 0.2) is 0 Å². The fourth-order valence-corrected chi connectivity index (χ4v) is 2.83. The van der Waals surface area contributed by atoms with E-state index in [-0.39, 0.29) is 18.3 Å². The summed E-state index contributed by atoms with van der Waals surface area (Å²) in [5.74, 6) is 1.82. The van der Waals surface area contributed by atoms with Crippen LogP contribution in [0.15, 0.2) is 18.2 Å². The summed E-state index contributed by atoms with van der Waals surface area (Å²) in [6.07, 6.45) is 3.17. The monoisotopic (exact) mass is 328 g/mol. The Morgan fingerprint density at radius 2 is 1.91 bits per heavy atom. The highest BCUT2D eigenvalue weighted by atomic mass is 35.5. The Bertz CT molecular complexity index is 472. The zero-order valence-electron chi connectivity index (χ0n) is 13.2. The highest BCUT2D eigenvalue weighted by Crippen LogP contribution is 2.26. The molecule has 1 unspecified atom stereocenters. The van der Waals surface area contributed by atoms with Crippen LogP contribution in [0.5, 0.6) is 11.5 Å². The number of hydrogen-bond acceptors (Lipinski definition) is 4. The van der Waals surface area contributed by atoms with Crippen LogP contribution in [-0.2, 0) is 0 Å². The van der Waals surface area contributed by atoms with Gasteiger partial charge in [-0.05, 0) is 43.9 Å². The predicted molar refractivity (Wildman–Crippen MR) is 89.1 cm³/mol. The number of nitrogens with two attached hydrogens (primary N) is 1. The molecule has 0 saturated carbocycles. The maximum absolute atomic E-state index is 12.7. The van der Waals surface area contributed by atoms with E-state index in [1.165, 1.54) is 0 Å². The summed E-state index contributed by atoms with van der Waals surface area (Å²) in [6, 6.07) is 5.29. The lowest BCUT2D eigenvalue weighted by molar-refractivity contribution is 0.0669. The van der Waals surface area contributed by atoms with Gasteiger partial charge >= 0.3 is 0 Å². The molecular weight excluding hydrogens is 304 g/mol. The quantitative estimate of drug-likeness (QED) is 0.901. The van der Waals surface area contributed by atoms with E-state index in [4.69, 9.17) is 15.2 Å². The molecule has 1 aromatic carbocycles. The van der Waals surface area contributed by atoms with Gasteiger partial charge in [0.25, 0.3) is 5.91 Å². The lowest BCUT2D eigenvalue weighted by Gasteiger charge is -2.32. The van der Waals surface area contributed by atoms with Crippen molar-refractivity contribution in [3.05, 3.63) is 23.8 Å². The van der Waals surface area contributed by atoms with Crippen LogP contribution in [0.4, 0.5) is 0 Å². The van der Waals surface area contributed by atoms with Gasteiger partial charge in [-0.2, -0.15) is 0 Å². The van der Waals surface area contributed by atoms with Gasteiger partial charge in [-0.1, -0.05) is 0 Å². The first-order valence-electron chi connectivity index (χ1n) is 7.40. The number of likely N-dealkylation sites (tertiary alicyclic amines) is 1. The molecule has 0 bridgehead atoms. The average molecular weight is 329 g/mol. The largest absolute Gasteiger partial charge is 0.497 e. The highest BCUT2D eigenvalue weighted by molar-refractivity contribution is 5.95. The first-order chi connectivity index (χ1) is 10.2. The molecule has 5 nitrogen and oxygen atoms in total. The highest BCUT2D eigenvalue weighted by Gasteiger charge is 2.24. The number of nitrogens with zero attached hydrogens (tertiary/aromatic N) is 1. The summed E-state index contributed by atoms with van der Waals surface area (Å²) in [5.41, 5.74) is 6.24. The zero-order chi connectivity index (χ0) is 15.2. The number of benzene rings is 1. The van der Waals surface area contributed by atoms with Crippen LogP contribution in [0, 0.1) is 5.92 Å². The average Bonchev–Trinajstić information content (AvgIpc) is 2.54. The van der Waals surface area contributed by atoms with Crippen molar-refractivity contribution in [2.24, 2.45) is 11.7 Å². The Morgan fingerprint density at radius 1 is 1.27 bits per heavy atom. The van der Waals surface area contributed by atoms with Gasteiger partial charge in [-0.15, -0.1) is 12.4 Å². The van der Waals surface area contributed by atoms with Crippen LogP contribution in [0.25, 0.3) is 0 Å². The fraction of sp³-hybridized carbons (Fsp3) is 0.562. The lowest BCUT2D eigenvalue weighted by atomic mass is 9.94. The lowest BCUT2D eigenvalue weighted by Crippen LogP contribution is -2.40. The van der Waals surface area contributed by atoms with E-state index in [0.717, 1.165) is 32.4 Å². The van der Waals surface area contributed by atoms with Gasteiger partial charge < -0.3 is 20.1 Å². The Hall–Kier alpha value is -1.46. The second-order valence-corrected chi connectivity index (χ2v) is 5.44. The third-order valence-electron chi connectivity index (χ3n) is 3.98. The molecule has 2 N–H and O–H groups in total. The van der Waals surface area contributed by atoms with E-state index in [9.17, 15) is 4.79 Å². The second kappa shape index (κ2) is 8.86. The Kier molecular flexibility index (Phi) is 7.48. The number of halogens is 1. The van der Waals surface area contributed by atoms with Crippen LogP contribution in [0.2, 0.25) is 0 Å². The number of methoxy groups -OCH3 is 2. The molecule has 1 atom stereocenters. The van der Waals surface area contributed by atoms with Crippen molar-refractivity contribution >= 4 is 18.3 Å². The first-order valence-corrected chi connectivity index (χ1v) is 7.40. The topological polar surface area (TPSA) is 64.8 Å². The fourth-order valence-electron chi connectivity index (χ4n) is 2.83. The smallest absolute Gasteiger partial charge is 0.254 e. The van der Waals surface area contributed by atoms with Crippen LogP contribution in [-0.4, -0.2) is 44.7 Å². The molecule has 22 heavy (non-hydrogen) atoms. The summed E-state index contributed by atoms with van der Waals surface area (Å²) in [4.78, 5) is 14.6. The van der Waals surface area contributed by atoms with E-state index >= 15 is 0 Å². The van der Waals surface area contributed by atoms with Crippen molar-refractivity contribution in [2.45, 2.75) is 19.3 Å². The van der Waals surface area contributed by atoms with Crippen molar-refractivity contribution in [1.82, 2.24) is 4.90 Å². The van der Waals surface area contributed by atoms with Crippen molar-refractivity contribution in [2.75, 3.05) is 33.9 Å². The zero-order valence-corrected chi connectivity index (χ0v) is 14.0. The SMILES string of the molecule is COc1cc(OC)cc(C(=O)N2CCCC(CCN)C2)c1.Cl. The summed E-state index contributed by atoms with van der Waals surface area (Å²) in [5, 5.41) is 0. The van der Waals surface area contributed by atoms with E-state index < -0.39 is 0 Å². The van der Waals surface area contributed by atoms with Crippen LogP contribution >= 0.6 is 12.4 Å². The standard InChI is InChI=1S/C16H24N2O3.ClH/c1-20-14-8-13(9-15(10-14)21-2)16(19)18-7-3-4-12(11-18)5-6-17;/h8-10,12H,3-7,11,17H2,1-2H3;1H. The number of carbonyl (C=O) groups is 1. The third-order valence-corrected chi connectivity index (χ3v) is 3.98. The van der Waals surface area contributed by atoms with Crippen LogP contribution < -0.4 is 15.2 Å². The number of rotatable bonds is 5. The summed E-state index contributed by atoms with van der Waals surface area (Å²) < 4.78 is 10.5. The molecule has 1 amide bonds. The van der Waals surface area contributed by atoms with E-state index in [2.05, 4.69) is 0 Å². The number of piperidine rings is 1. The molecule has 124 valence electrons. The van der Waals surface area contributed by atoms with Crippen LogP contribution in [0.3, 0.4) is 0 Å². The first kappa shape index (κ1) is 18.6. The maximum Gasteiger partial charge on any atom is 0.254 e. The van der Waals surface area contributed by atoms with Gasteiger partial charge in [0, 0.05) is 24.7 Å². The molecule has 0 radical (unpaired) electrons. The number of carbonyl (C=O) groups excluding carboxylic acids is 1. The van der Waals surface area contributed by atoms with Crippen molar-refractivity contribution in [3.8, 4) is 11.5 Å². The predicted octanol–water partition coefficient (Wildman–Crippen LogP) is 2.33. The van der Waals surface area contributed by atoms with Gasteiger partial charge in [0.2, 0.25) is 0 Å². The molecule has 2 rings (SSSR count). The number of hydrogen-bond donors (Lipinski definition) is 1. The van der Waals surface area contributed by atoms with Crippen molar-refractivity contribution in [3.63, 3.8) is 0 Å². The molecule has 1 aromatic rings. The van der Waals surface area contributed by atoms with E-state index in [1.54, 1.807) is 32.4 Å². The van der Waals surface area contributed by atoms with E-state index in [1.807, 2.05) is 4.90 Å². The van der Waals surface area contributed by atoms with Crippen molar-refractivity contribution in [1.29, 1.82) is 0 Å². The van der Waals surface area contributed by atoms with Gasteiger partial charge in [-0.25, -0.2) is 0 Å². The number of amides is 1. The molecule has 0 aliphatic carbocycles. The van der Waals surface area contributed by atoms with Gasteiger partial charge in [0.05, 0.1) is 14.2 Å². The minimum absolute atomic E-state index is 0. The third kappa shape index (κ3) is 4.52. The molecule has 0 spiro atoms. The summed E-state index contributed by atoms with van der Waals surface area (Å²) >= 11 is 0. The number of ether oxygens (including phenoxy) is 2. The second-order valence-electron chi connectivity index (χ2n) is 5.44. The molecule has 1 aliphatic heterocycles. The normalized spacial score (nSPS) is 17.6. The summed E-state index contributed by atoms with van der Waals surface area (Å²) in [7, 11) is 3.17. The molecule has 0 aromatic heterocycles. The molecule has 1 fully saturated rings. The molecule has 1 saturated heterocycles. The van der Waals surface area contributed by atoms with Gasteiger partial charge in [-0.3, -0.25) is 4.79 Å². The Morgan fingerprint density at radius 3 is 2.45 bits per heavy atom. The molecule has 1 heterocycles. The maximum atomic E-state index is 12.7. The minimum Gasteiger partial charge on any atom is -0.497 e. The van der Waals surface area contributed by atoms with E-state index in [0.29, 0.717) is 29.5 Å². The minimum atomic E-state index is 0. The molecule has 1 aliphatic rings. The van der Waals surface area contributed by atoms with Gasteiger partial charge in [0.1, 0.15) is 11.5 Å². The Labute approximate surface area is 138 Å². The van der Waals surface area contributed by atoms with Crippen LogP contribution in [0.1, 0.15) is 29.6 Å². The summed E-state index contributed by atoms with van der Waals surface area (Å²) in [6.45, 7) is 2.27. The van der Waals surface area contributed by atoms with Crippen molar-refractivity contribution < 1.29 is 14.3 Å². The Balaban J connectivity index is 0.00000242.